The summed E-state index contributed by atoms with van der Waals surface area (Å²) in [6, 6.07) is 5.37. The number of hydrogen-bond donors (Lipinski definition) is 1. The zero-order valence-electron chi connectivity index (χ0n) is 13.2. The summed E-state index contributed by atoms with van der Waals surface area (Å²) in [5, 5.41) is 9.72. The molecule has 1 aromatic carbocycles. The van der Waals surface area contributed by atoms with Gasteiger partial charge in [-0.1, -0.05) is 19.9 Å². The van der Waals surface area contributed by atoms with Crippen LogP contribution in [0.5, 0.6) is 5.75 Å². The van der Waals surface area contributed by atoms with E-state index in [-0.39, 0.29) is 23.4 Å². The van der Waals surface area contributed by atoms with Crippen LogP contribution >= 0.6 is 0 Å². The first-order valence-corrected chi connectivity index (χ1v) is 8.41. The summed E-state index contributed by atoms with van der Waals surface area (Å²) < 4.78 is 15.1. The summed E-state index contributed by atoms with van der Waals surface area (Å²) in [6.07, 6.45) is 1.82. The number of benzene rings is 1. The van der Waals surface area contributed by atoms with Crippen LogP contribution in [0.3, 0.4) is 0 Å². The maximum Gasteiger partial charge on any atom is 0.139 e. The first-order valence-electron chi connectivity index (χ1n) is 8.41. The van der Waals surface area contributed by atoms with Crippen LogP contribution < -0.4 is 0 Å². The van der Waals surface area contributed by atoms with Crippen molar-refractivity contribution >= 4 is 5.78 Å². The number of aromatic hydroxyl groups is 1. The van der Waals surface area contributed by atoms with Crippen molar-refractivity contribution in [3.8, 4) is 5.75 Å². The van der Waals surface area contributed by atoms with Gasteiger partial charge in [-0.25, -0.2) is 4.39 Å². The van der Waals surface area contributed by atoms with E-state index < -0.39 is 11.6 Å². The smallest absolute Gasteiger partial charge is 0.139 e. The van der Waals surface area contributed by atoms with Crippen molar-refractivity contribution in [3.63, 3.8) is 0 Å². The highest BCUT2D eigenvalue weighted by molar-refractivity contribution is 5.87. The van der Waals surface area contributed by atoms with Crippen molar-refractivity contribution in [2.75, 3.05) is 0 Å². The number of fused-ring (bicyclic) bond motifs is 5. The van der Waals surface area contributed by atoms with Gasteiger partial charge in [0.05, 0.1) is 0 Å². The Kier molecular flexibility index (Phi) is 2.95. The minimum absolute atomic E-state index is 0.108. The van der Waals surface area contributed by atoms with E-state index in [1.54, 1.807) is 12.1 Å². The average molecular weight is 302 g/mol. The van der Waals surface area contributed by atoms with E-state index in [0.717, 1.165) is 24.0 Å². The molecule has 0 bridgehead atoms. The Balaban J connectivity index is 1.82. The highest BCUT2D eigenvalue weighted by Crippen LogP contribution is 2.61. The molecule has 3 aliphatic carbocycles. The monoisotopic (exact) mass is 302 g/mol. The van der Waals surface area contributed by atoms with Crippen molar-refractivity contribution < 1.29 is 14.3 Å². The van der Waals surface area contributed by atoms with Gasteiger partial charge in [-0.2, -0.15) is 0 Å². The zero-order chi connectivity index (χ0) is 15.6. The summed E-state index contributed by atoms with van der Waals surface area (Å²) in [5.74, 6) is 1.33. The van der Waals surface area contributed by atoms with Crippen LogP contribution in [0.2, 0.25) is 0 Å². The molecule has 1 aromatic rings. The molecule has 22 heavy (non-hydrogen) atoms. The molecule has 0 amide bonds. The van der Waals surface area contributed by atoms with E-state index in [1.807, 2.05) is 13.0 Å². The van der Waals surface area contributed by atoms with Crippen LogP contribution in [-0.2, 0) is 11.2 Å². The van der Waals surface area contributed by atoms with Crippen LogP contribution in [0.4, 0.5) is 4.39 Å². The molecular formula is C19H23FO2. The van der Waals surface area contributed by atoms with Gasteiger partial charge in [0.2, 0.25) is 0 Å². The van der Waals surface area contributed by atoms with Crippen LogP contribution in [0, 0.1) is 23.2 Å². The molecule has 0 aliphatic heterocycles. The fraction of sp³-hybridized carbons (Fsp3) is 0.632. The Morgan fingerprint density at radius 3 is 2.91 bits per heavy atom. The SMILES string of the molecule is C[C@@H]1Cc2cc(O)ccc2C2C1C1CCC(=O)[C@@]1(C)C[C@@H]2F. The Morgan fingerprint density at radius 1 is 1.36 bits per heavy atom. The predicted octanol–water partition coefficient (Wildman–Crippen LogP) is 4.01. The van der Waals surface area contributed by atoms with Gasteiger partial charge in [0.1, 0.15) is 17.7 Å². The molecule has 2 nitrogen and oxygen atoms in total. The zero-order valence-corrected chi connectivity index (χ0v) is 13.2. The van der Waals surface area contributed by atoms with E-state index in [0.29, 0.717) is 24.7 Å². The molecular weight excluding hydrogens is 279 g/mol. The number of carbonyl (C=O) groups excluding carboxylic acids is 1. The Morgan fingerprint density at radius 2 is 2.14 bits per heavy atom. The fourth-order valence-corrected chi connectivity index (χ4v) is 5.73. The van der Waals surface area contributed by atoms with Gasteiger partial charge in [0.15, 0.2) is 0 Å². The number of carbonyl (C=O) groups is 1. The van der Waals surface area contributed by atoms with Crippen molar-refractivity contribution in [2.45, 2.75) is 51.6 Å². The maximum absolute atomic E-state index is 15.1. The van der Waals surface area contributed by atoms with E-state index in [2.05, 4.69) is 6.92 Å². The number of hydrogen-bond acceptors (Lipinski definition) is 2. The van der Waals surface area contributed by atoms with Gasteiger partial charge in [0.25, 0.3) is 0 Å². The molecule has 6 atom stereocenters. The Labute approximate surface area is 130 Å². The van der Waals surface area contributed by atoms with E-state index in [4.69, 9.17) is 0 Å². The van der Waals surface area contributed by atoms with Crippen molar-refractivity contribution in [2.24, 2.45) is 23.2 Å². The van der Waals surface area contributed by atoms with Crippen LogP contribution in [0.25, 0.3) is 0 Å². The van der Waals surface area contributed by atoms with Gasteiger partial charge in [0, 0.05) is 17.8 Å². The first-order chi connectivity index (χ1) is 10.4. The summed E-state index contributed by atoms with van der Waals surface area (Å²) in [4.78, 5) is 12.3. The summed E-state index contributed by atoms with van der Waals surface area (Å²) >= 11 is 0. The molecule has 4 rings (SSSR count). The van der Waals surface area contributed by atoms with E-state index in [9.17, 15) is 9.90 Å². The lowest BCUT2D eigenvalue weighted by Gasteiger charge is -2.52. The normalized spacial score (nSPS) is 43.4. The van der Waals surface area contributed by atoms with Gasteiger partial charge < -0.3 is 5.11 Å². The number of ketones is 1. The number of alkyl halides is 1. The van der Waals surface area contributed by atoms with Crippen molar-refractivity contribution in [1.29, 1.82) is 0 Å². The van der Waals surface area contributed by atoms with E-state index in [1.165, 1.54) is 0 Å². The Hall–Kier alpha value is -1.38. The molecule has 3 heteroatoms. The number of Topliss-reactive ketones (excluding diaryl/α,β-unsaturated/α-hetero) is 1. The molecule has 3 aliphatic rings. The number of rotatable bonds is 0. The minimum atomic E-state index is -0.959. The third kappa shape index (κ3) is 1.74. The second-order valence-electron chi connectivity index (χ2n) is 7.87. The number of phenols is 1. The average Bonchev–Trinajstić information content (AvgIpc) is 2.74. The molecule has 0 radical (unpaired) electrons. The first kappa shape index (κ1) is 14.2. The second-order valence-corrected chi connectivity index (χ2v) is 7.87. The quantitative estimate of drug-likeness (QED) is 0.786. The van der Waals surface area contributed by atoms with Crippen LogP contribution in [0.15, 0.2) is 18.2 Å². The summed E-state index contributed by atoms with van der Waals surface area (Å²) in [7, 11) is 0. The summed E-state index contributed by atoms with van der Waals surface area (Å²) in [5.41, 5.74) is 1.70. The van der Waals surface area contributed by atoms with Crippen molar-refractivity contribution in [1.82, 2.24) is 0 Å². The lowest BCUT2D eigenvalue weighted by atomic mass is 9.52. The molecule has 0 spiro atoms. The highest BCUT2D eigenvalue weighted by atomic mass is 19.1. The third-order valence-corrected chi connectivity index (χ3v) is 6.71. The molecule has 118 valence electrons. The summed E-state index contributed by atoms with van der Waals surface area (Å²) in [6.45, 7) is 4.18. The Bertz CT molecular complexity index is 640. The molecule has 2 fully saturated rings. The maximum atomic E-state index is 15.1. The van der Waals surface area contributed by atoms with Gasteiger partial charge in [-0.15, -0.1) is 0 Å². The van der Waals surface area contributed by atoms with Crippen molar-refractivity contribution in [3.05, 3.63) is 29.3 Å². The fourth-order valence-electron chi connectivity index (χ4n) is 5.73. The topological polar surface area (TPSA) is 37.3 Å². The second kappa shape index (κ2) is 4.56. The molecule has 2 saturated carbocycles. The molecule has 0 aromatic heterocycles. The van der Waals surface area contributed by atoms with E-state index >= 15 is 4.39 Å². The van der Waals surface area contributed by atoms with Gasteiger partial charge in [-0.3, -0.25) is 4.79 Å². The highest BCUT2D eigenvalue weighted by Gasteiger charge is 2.59. The number of phenolic OH excluding ortho intramolecular Hbond substituents is 1. The molecule has 3 unspecified atom stereocenters. The third-order valence-electron chi connectivity index (χ3n) is 6.71. The lowest BCUT2D eigenvalue weighted by molar-refractivity contribution is -0.132. The van der Waals surface area contributed by atoms with Crippen LogP contribution in [0.1, 0.15) is 50.2 Å². The molecule has 0 heterocycles. The van der Waals surface area contributed by atoms with Gasteiger partial charge in [-0.05, 0) is 60.3 Å². The van der Waals surface area contributed by atoms with Gasteiger partial charge >= 0.3 is 0 Å². The largest absolute Gasteiger partial charge is 0.508 e. The minimum Gasteiger partial charge on any atom is -0.508 e. The molecule has 1 N–H and O–H groups in total. The molecule has 0 saturated heterocycles. The standard InChI is InChI=1S/C19H23FO2/c1-10-7-11-8-12(21)3-4-13(11)18-15(20)9-19(2)14(17(10)18)5-6-16(19)22/h3-4,8,10,14-15,17-18,21H,5-7,9H2,1-2H3/t10-,14?,15+,17?,18?,19+/m1/s1. The lowest BCUT2D eigenvalue weighted by Crippen LogP contribution is -2.50. The number of halogens is 1. The predicted molar refractivity (Wildman–Crippen MR) is 82.6 cm³/mol. The van der Waals surface area contributed by atoms with Crippen LogP contribution in [-0.4, -0.2) is 17.1 Å².